The van der Waals surface area contributed by atoms with Crippen molar-refractivity contribution >= 4 is 29.5 Å². The molecule has 0 spiro atoms. The highest BCUT2D eigenvalue weighted by atomic mass is 16.5. The topological polar surface area (TPSA) is 314 Å². The van der Waals surface area contributed by atoms with Crippen molar-refractivity contribution in [3.05, 3.63) is 10.4 Å². The van der Waals surface area contributed by atoms with Gasteiger partial charge in [-0.3, -0.25) is 33.8 Å². The molecule has 0 aromatic heterocycles. The van der Waals surface area contributed by atoms with E-state index in [0.29, 0.717) is 65.4 Å². The Balaban J connectivity index is 5.40. The van der Waals surface area contributed by atoms with Gasteiger partial charge in [0.15, 0.2) is 0 Å². The normalized spacial score (nSPS) is 12.2. The molecule has 0 bridgehead atoms. The van der Waals surface area contributed by atoms with E-state index in [2.05, 4.69) is 36.6 Å². The summed E-state index contributed by atoms with van der Waals surface area (Å²) in [6.07, 6.45) is -0.822. The third-order valence-corrected chi connectivity index (χ3v) is 6.33. The molecule has 0 aromatic rings. The van der Waals surface area contributed by atoms with Crippen LogP contribution in [0.15, 0.2) is 5.11 Å². The van der Waals surface area contributed by atoms with E-state index < -0.39 is 54.5 Å². The van der Waals surface area contributed by atoms with Gasteiger partial charge in [-0.2, -0.15) is 0 Å². The van der Waals surface area contributed by atoms with Crippen LogP contribution in [0.5, 0.6) is 0 Å². The Morgan fingerprint density at radius 1 is 0.696 bits per heavy atom. The molecule has 264 valence electrons. The number of amides is 5. The van der Waals surface area contributed by atoms with Crippen LogP contribution in [-0.4, -0.2) is 156 Å². The van der Waals surface area contributed by atoms with Gasteiger partial charge in [0.2, 0.25) is 29.5 Å². The lowest BCUT2D eigenvalue weighted by atomic mass is 10.1. The van der Waals surface area contributed by atoms with Gasteiger partial charge in [0.05, 0.1) is 26.1 Å². The van der Waals surface area contributed by atoms with Crippen LogP contribution in [0.1, 0.15) is 19.8 Å². The summed E-state index contributed by atoms with van der Waals surface area (Å²) in [6.45, 7) is 7.14. The van der Waals surface area contributed by atoms with Gasteiger partial charge in [-0.25, -0.2) is 0 Å². The van der Waals surface area contributed by atoms with Crippen molar-refractivity contribution in [3.8, 4) is 0 Å². The summed E-state index contributed by atoms with van der Waals surface area (Å²) < 4.78 is 5.27. The van der Waals surface area contributed by atoms with Gasteiger partial charge in [-0.15, -0.1) is 0 Å². The van der Waals surface area contributed by atoms with Crippen LogP contribution < -0.4 is 49.5 Å². The number of nitrogens with zero attached hydrogens (tertiary/aromatic N) is 5. The van der Waals surface area contributed by atoms with E-state index in [0.717, 1.165) is 0 Å². The Morgan fingerprint density at radius 2 is 1.17 bits per heavy atom. The number of rotatable bonds is 28. The van der Waals surface area contributed by atoms with Crippen LogP contribution >= 0.6 is 0 Å². The molecule has 5 amide bonds. The molecule has 0 rings (SSSR count). The van der Waals surface area contributed by atoms with E-state index in [1.807, 2.05) is 9.80 Å². The highest BCUT2D eigenvalue weighted by Gasteiger charge is 2.29. The number of azide groups is 1. The molecule has 0 fully saturated rings. The monoisotopic (exact) mass is 658 g/mol. The second-order valence-electron chi connectivity index (χ2n) is 10.1. The lowest BCUT2D eigenvalue weighted by Gasteiger charge is -2.24. The number of nitrogens with two attached hydrogens (primary N) is 4. The van der Waals surface area contributed by atoms with E-state index in [9.17, 15) is 24.0 Å². The molecule has 13 N–H and O–H groups in total. The lowest BCUT2D eigenvalue weighted by molar-refractivity contribution is -0.135. The van der Waals surface area contributed by atoms with Crippen molar-refractivity contribution in [1.29, 1.82) is 0 Å². The summed E-state index contributed by atoms with van der Waals surface area (Å²) in [7, 11) is 0. The number of ether oxygens (including phenoxy) is 1. The summed E-state index contributed by atoms with van der Waals surface area (Å²) in [4.78, 5) is 70.1. The van der Waals surface area contributed by atoms with E-state index >= 15 is 0 Å². The molecular weight excluding hydrogens is 604 g/mol. The fourth-order valence-electron chi connectivity index (χ4n) is 4.18. The molecule has 0 radical (unpaired) electrons. The maximum Gasteiger partial charge on any atom is 0.243 e. The standard InChI is InChI=1S/C26H54N14O6/c1-20(41)36-22(19-24(43)33-7-15-40(12-4-29)13-5-30)26(45)37-21(25(44)34-8-16-46-17-9-35-38-31)18-23(42)32-6-14-39(10-2-27)11-3-28/h21-22H,2-19,27-30H2,1H3,(H,32,42)(H,33,43)(H,34,44)(H,36,41)(H,37,45)/t21-,22+/m0/s1. The number of carbonyl (C=O) groups excluding carboxylic acids is 5. The van der Waals surface area contributed by atoms with Crippen LogP contribution in [-0.2, 0) is 28.7 Å². The summed E-state index contributed by atoms with van der Waals surface area (Å²) in [5.41, 5.74) is 30.8. The Hall–Kier alpha value is -3.62. The molecule has 20 heteroatoms. The van der Waals surface area contributed by atoms with Gasteiger partial charge in [0, 0.05) is 103 Å². The van der Waals surface area contributed by atoms with Crippen LogP contribution in [0, 0.1) is 0 Å². The molecule has 0 aliphatic heterocycles. The smallest absolute Gasteiger partial charge is 0.243 e. The Labute approximate surface area is 270 Å². The van der Waals surface area contributed by atoms with Gasteiger partial charge in [-0.05, 0) is 5.53 Å². The van der Waals surface area contributed by atoms with Crippen molar-refractivity contribution in [2.75, 3.05) is 105 Å². The fourth-order valence-corrected chi connectivity index (χ4v) is 4.18. The largest absolute Gasteiger partial charge is 0.379 e. The van der Waals surface area contributed by atoms with E-state index in [4.69, 9.17) is 33.2 Å². The molecule has 0 heterocycles. The Morgan fingerprint density at radius 3 is 1.61 bits per heavy atom. The van der Waals surface area contributed by atoms with Crippen molar-refractivity contribution in [3.63, 3.8) is 0 Å². The summed E-state index contributed by atoms with van der Waals surface area (Å²) in [5, 5.41) is 16.3. The van der Waals surface area contributed by atoms with E-state index in [1.165, 1.54) is 6.92 Å². The van der Waals surface area contributed by atoms with Gasteiger partial charge < -0.3 is 54.3 Å². The summed E-state index contributed by atoms with van der Waals surface area (Å²) in [6, 6.07) is -2.65. The van der Waals surface area contributed by atoms with Gasteiger partial charge >= 0.3 is 0 Å². The average molecular weight is 659 g/mol. The third kappa shape index (κ3) is 22.0. The van der Waals surface area contributed by atoms with Gasteiger partial charge in [0.1, 0.15) is 12.1 Å². The molecule has 0 unspecified atom stereocenters. The molecule has 0 aliphatic carbocycles. The second kappa shape index (κ2) is 27.7. The molecule has 0 aromatic carbocycles. The SMILES string of the molecule is CC(=O)N[C@H](CC(=O)NCCN(CCN)CCN)C(=O)N[C@@H](CC(=O)NCCN(CCN)CCN)C(=O)NCCOCCN=[N+]=[N-]. The minimum Gasteiger partial charge on any atom is -0.379 e. The first-order chi connectivity index (χ1) is 22.1. The lowest BCUT2D eigenvalue weighted by Crippen LogP contribution is -2.56. The van der Waals surface area contributed by atoms with E-state index in [1.54, 1.807) is 0 Å². The molecule has 46 heavy (non-hydrogen) atoms. The highest BCUT2D eigenvalue weighted by molar-refractivity contribution is 5.96. The fraction of sp³-hybridized carbons (Fsp3) is 0.808. The van der Waals surface area contributed by atoms with Gasteiger partial charge in [0.25, 0.3) is 0 Å². The number of hydrogen-bond acceptors (Lipinski definition) is 13. The minimum atomic E-state index is -1.33. The Bertz CT molecular complexity index is 940. The highest BCUT2D eigenvalue weighted by Crippen LogP contribution is 2.00. The van der Waals surface area contributed by atoms with Crippen molar-refractivity contribution in [2.45, 2.75) is 31.8 Å². The first kappa shape index (κ1) is 42.4. The molecule has 2 atom stereocenters. The number of carbonyl (C=O) groups is 5. The zero-order valence-electron chi connectivity index (χ0n) is 26.9. The van der Waals surface area contributed by atoms with Gasteiger partial charge in [-0.1, -0.05) is 5.11 Å². The molecular formula is C26H54N14O6. The first-order valence-electron chi connectivity index (χ1n) is 15.3. The van der Waals surface area contributed by atoms with Crippen molar-refractivity contribution in [1.82, 2.24) is 36.4 Å². The zero-order valence-corrected chi connectivity index (χ0v) is 26.9. The predicted molar refractivity (Wildman–Crippen MR) is 172 cm³/mol. The predicted octanol–water partition coefficient (Wildman–Crippen LogP) is -5.13. The minimum absolute atomic E-state index is 0.0408. The van der Waals surface area contributed by atoms with E-state index in [-0.39, 0.29) is 39.4 Å². The summed E-state index contributed by atoms with van der Waals surface area (Å²) >= 11 is 0. The van der Waals surface area contributed by atoms with Crippen LogP contribution in [0.25, 0.3) is 10.4 Å². The van der Waals surface area contributed by atoms with Crippen LogP contribution in [0.2, 0.25) is 0 Å². The molecule has 0 saturated carbocycles. The van der Waals surface area contributed by atoms with Crippen molar-refractivity contribution < 1.29 is 28.7 Å². The van der Waals surface area contributed by atoms with Crippen molar-refractivity contribution in [2.24, 2.45) is 28.0 Å². The van der Waals surface area contributed by atoms with Crippen LogP contribution in [0.4, 0.5) is 0 Å². The number of nitrogens with one attached hydrogen (secondary N) is 5. The maximum absolute atomic E-state index is 13.2. The third-order valence-electron chi connectivity index (χ3n) is 6.33. The first-order valence-corrected chi connectivity index (χ1v) is 15.3. The zero-order chi connectivity index (χ0) is 34.6. The quantitative estimate of drug-likeness (QED) is 0.0165. The molecule has 0 aliphatic rings. The molecule has 0 saturated heterocycles. The van der Waals surface area contributed by atoms with Crippen LogP contribution in [0.3, 0.4) is 0 Å². The average Bonchev–Trinajstić information content (AvgIpc) is 3.00. The maximum atomic E-state index is 13.2. The number of hydrogen-bond donors (Lipinski definition) is 9. The molecule has 20 nitrogen and oxygen atoms in total. The second-order valence-corrected chi connectivity index (χ2v) is 10.1. The Kier molecular flexibility index (Phi) is 25.5. The summed E-state index contributed by atoms with van der Waals surface area (Å²) in [5.74, 6) is -3.10.